The molecule has 0 N–H and O–H groups in total. The number of amides is 1. The van der Waals surface area contributed by atoms with Crippen LogP contribution in [0.3, 0.4) is 0 Å². The highest BCUT2D eigenvalue weighted by Gasteiger charge is 2.29. The SMILES string of the molecule is CCc1ccc(C(=O)N2C[C@H](COC)O[C@H](C)C2)cc1[N+](=O)[O-]. The van der Waals surface area contributed by atoms with Crippen molar-refractivity contribution in [2.75, 3.05) is 26.8 Å². The summed E-state index contributed by atoms with van der Waals surface area (Å²) in [5, 5.41) is 11.2. The molecule has 1 amide bonds. The normalized spacial score (nSPS) is 21.3. The summed E-state index contributed by atoms with van der Waals surface area (Å²) in [4.78, 5) is 25.1. The van der Waals surface area contributed by atoms with Crippen LogP contribution >= 0.6 is 0 Å². The van der Waals surface area contributed by atoms with Gasteiger partial charge in [-0.1, -0.05) is 13.0 Å². The van der Waals surface area contributed by atoms with Crippen LogP contribution in [0.15, 0.2) is 18.2 Å². The van der Waals surface area contributed by atoms with Gasteiger partial charge in [-0.2, -0.15) is 0 Å². The van der Waals surface area contributed by atoms with Crippen molar-refractivity contribution in [2.45, 2.75) is 32.5 Å². The largest absolute Gasteiger partial charge is 0.382 e. The number of nitrogens with zero attached hydrogens (tertiary/aromatic N) is 2. The van der Waals surface area contributed by atoms with Gasteiger partial charge < -0.3 is 14.4 Å². The molecule has 1 saturated heterocycles. The molecule has 126 valence electrons. The number of benzene rings is 1. The van der Waals surface area contributed by atoms with Crippen LogP contribution in [0.4, 0.5) is 5.69 Å². The number of aryl methyl sites for hydroxylation is 1. The predicted molar refractivity (Wildman–Crippen MR) is 84.6 cm³/mol. The van der Waals surface area contributed by atoms with Crippen molar-refractivity contribution in [2.24, 2.45) is 0 Å². The van der Waals surface area contributed by atoms with Gasteiger partial charge in [-0.05, 0) is 19.4 Å². The van der Waals surface area contributed by atoms with Gasteiger partial charge in [-0.3, -0.25) is 14.9 Å². The quantitative estimate of drug-likeness (QED) is 0.612. The summed E-state index contributed by atoms with van der Waals surface area (Å²) in [6, 6.07) is 4.67. The minimum absolute atomic E-state index is 0.00639. The molecule has 1 aliphatic heterocycles. The van der Waals surface area contributed by atoms with E-state index in [9.17, 15) is 14.9 Å². The van der Waals surface area contributed by atoms with E-state index in [1.165, 1.54) is 6.07 Å². The minimum Gasteiger partial charge on any atom is -0.382 e. The topological polar surface area (TPSA) is 81.9 Å². The lowest BCUT2D eigenvalue weighted by Gasteiger charge is -2.36. The van der Waals surface area contributed by atoms with E-state index in [-0.39, 0.29) is 23.8 Å². The Morgan fingerprint density at radius 1 is 1.48 bits per heavy atom. The van der Waals surface area contributed by atoms with E-state index in [0.717, 1.165) is 0 Å². The lowest BCUT2D eigenvalue weighted by Crippen LogP contribution is -2.50. The Kier molecular flexibility index (Phi) is 5.68. The molecule has 1 fully saturated rings. The van der Waals surface area contributed by atoms with Crippen LogP contribution in [0.2, 0.25) is 0 Å². The zero-order chi connectivity index (χ0) is 17.0. The van der Waals surface area contributed by atoms with E-state index in [4.69, 9.17) is 9.47 Å². The molecule has 1 heterocycles. The van der Waals surface area contributed by atoms with Crippen molar-refractivity contribution in [1.82, 2.24) is 4.90 Å². The third kappa shape index (κ3) is 4.05. The maximum atomic E-state index is 12.7. The molecule has 7 nitrogen and oxygen atoms in total. The van der Waals surface area contributed by atoms with Crippen molar-refractivity contribution in [3.63, 3.8) is 0 Å². The molecule has 7 heteroatoms. The van der Waals surface area contributed by atoms with Gasteiger partial charge in [-0.25, -0.2) is 0 Å². The number of methoxy groups -OCH3 is 1. The summed E-state index contributed by atoms with van der Waals surface area (Å²) < 4.78 is 10.8. The van der Waals surface area contributed by atoms with Gasteiger partial charge in [0.25, 0.3) is 11.6 Å². The average Bonchev–Trinajstić information content (AvgIpc) is 2.53. The molecule has 0 aromatic heterocycles. The zero-order valence-electron chi connectivity index (χ0n) is 13.7. The zero-order valence-corrected chi connectivity index (χ0v) is 13.7. The maximum Gasteiger partial charge on any atom is 0.273 e. The predicted octanol–water partition coefficient (Wildman–Crippen LogP) is 2.03. The first-order valence-corrected chi connectivity index (χ1v) is 7.67. The van der Waals surface area contributed by atoms with Crippen LogP contribution in [0, 0.1) is 10.1 Å². The fourth-order valence-electron chi connectivity index (χ4n) is 2.84. The Balaban J connectivity index is 2.22. The second-order valence-corrected chi connectivity index (χ2v) is 5.69. The molecule has 0 saturated carbocycles. The van der Waals surface area contributed by atoms with Gasteiger partial charge in [0, 0.05) is 37.4 Å². The first kappa shape index (κ1) is 17.4. The Labute approximate surface area is 135 Å². The smallest absolute Gasteiger partial charge is 0.273 e. The molecule has 0 spiro atoms. The lowest BCUT2D eigenvalue weighted by atomic mass is 10.1. The summed E-state index contributed by atoms with van der Waals surface area (Å²) in [6.45, 7) is 5.03. The number of carbonyl (C=O) groups is 1. The molecular formula is C16H22N2O5. The van der Waals surface area contributed by atoms with Crippen molar-refractivity contribution >= 4 is 11.6 Å². The minimum atomic E-state index is -0.439. The highest BCUT2D eigenvalue weighted by Crippen LogP contribution is 2.23. The van der Waals surface area contributed by atoms with Gasteiger partial charge in [0.05, 0.1) is 23.7 Å². The number of rotatable bonds is 5. The second-order valence-electron chi connectivity index (χ2n) is 5.69. The van der Waals surface area contributed by atoms with Crippen LogP contribution in [-0.2, 0) is 15.9 Å². The Bertz CT molecular complexity index is 590. The fourth-order valence-corrected chi connectivity index (χ4v) is 2.84. The van der Waals surface area contributed by atoms with E-state index < -0.39 is 4.92 Å². The van der Waals surface area contributed by atoms with Crippen LogP contribution in [0.1, 0.15) is 29.8 Å². The van der Waals surface area contributed by atoms with E-state index in [0.29, 0.717) is 37.2 Å². The molecule has 0 bridgehead atoms. The molecule has 1 aromatic carbocycles. The molecule has 1 aliphatic rings. The van der Waals surface area contributed by atoms with Crippen LogP contribution < -0.4 is 0 Å². The monoisotopic (exact) mass is 322 g/mol. The molecule has 0 unspecified atom stereocenters. The molecule has 0 radical (unpaired) electrons. The van der Waals surface area contributed by atoms with Gasteiger partial charge >= 0.3 is 0 Å². The summed E-state index contributed by atoms with van der Waals surface area (Å²) in [7, 11) is 1.58. The van der Waals surface area contributed by atoms with E-state index in [1.54, 1.807) is 24.1 Å². The Morgan fingerprint density at radius 2 is 2.22 bits per heavy atom. The van der Waals surface area contributed by atoms with Gasteiger partial charge in [0.15, 0.2) is 0 Å². The van der Waals surface area contributed by atoms with Gasteiger partial charge in [0.1, 0.15) is 0 Å². The number of ether oxygens (including phenoxy) is 2. The van der Waals surface area contributed by atoms with E-state index in [1.807, 2.05) is 13.8 Å². The number of hydrogen-bond donors (Lipinski definition) is 0. The molecule has 23 heavy (non-hydrogen) atoms. The molecule has 1 aromatic rings. The van der Waals surface area contributed by atoms with Gasteiger partial charge in [0.2, 0.25) is 0 Å². The number of nitro groups is 1. The third-order valence-electron chi connectivity index (χ3n) is 3.88. The highest BCUT2D eigenvalue weighted by atomic mass is 16.6. The second kappa shape index (κ2) is 7.52. The number of morpholine rings is 1. The third-order valence-corrected chi connectivity index (χ3v) is 3.88. The standard InChI is InChI=1S/C16H22N2O5/c1-4-12-5-6-13(7-15(12)18(20)21)16(19)17-8-11(2)23-14(9-17)10-22-3/h5-7,11,14H,4,8-10H2,1-3H3/t11-,14-/m1/s1. The first-order valence-electron chi connectivity index (χ1n) is 7.67. The van der Waals surface area contributed by atoms with E-state index >= 15 is 0 Å². The number of carbonyl (C=O) groups excluding carboxylic acids is 1. The van der Waals surface area contributed by atoms with Crippen molar-refractivity contribution in [3.05, 3.63) is 39.4 Å². The van der Waals surface area contributed by atoms with Crippen LogP contribution in [0.25, 0.3) is 0 Å². The van der Waals surface area contributed by atoms with Crippen molar-refractivity contribution in [3.8, 4) is 0 Å². The van der Waals surface area contributed by atoms with Crippen LogP contribution in [0.5, 0.6) is 0 Å². The number of hydrogen-bond acceptors (Lipinski definition) is 5. The average molecular weight is 322 g/mol. The van der Waals surface area contributed by atoms with Crippen LogP contribution in [-0.4, -0.2) is 54.7 Å². The fraction of sp³-hybridized carbons (Fsp3) is 0.562. The van der Waals surface area contributed by atoms with E-state index in [2.05, 4.69) is 0 Å². The summed E-state index contributed by atoms with van der Waals surface area (Å²) in [6.07, 6.45) is 0.269. The van der Waals surface area contributed by atoms with Crippen molar-refractivity contribution in [1.29, 1.82) is 0 Å². The summed E-state index contributed by atoms with van der Waals surface area (Å²) in [5.41, 5.74) is 0.950. The Hall–Kier alpha value is -1.99. The molecule has 2 rings (SSSR count). The maximum absolute atomic E-state index is 12.7. The molecule has 0 aliphatic carbocycles. The first-order chi connectivity index (χ1) is 11.0. The summed E-state index contributed by atoms with van der Waals surface area (Å²) in [5.74, 6) is -0.216. The highest BCUT2D eigenvalue weighted by molar-refractivity contribution is 5.95. The van der Waals surface area contributed by atoms with Gasteiger partial charge in [-0.15, -0.1) is 0 Å². The summed E-state index contributed by atoms with van der Waals surface area (Å²) >= 11 is 0. The molecule has 2 atom stereocenters. The number of nitro benzene ring substituents is 1. The molecular weight excluding hydrogens is 300 g/mol. The Morgan fingerprint density at radius 3 is 2.83 bits per heavy atom. The lowest BCUT2D eigenvalue weighted by molar-refractivity contribution is -0.385. The van der Waals surface area contributed by atoms with Crippen molar-refractivity contribution < 1.29 is 19.2 Å².